The van der Waals surface area contributed by atoms with Gasteiger partial charge in [0.05, 0.1) is 5.25 Å². The predicted molar refractivity (Wildman–Crippen MR) is 61.3 cm³/mol. The molecule has 90 valence electrons. The van der Waals surface area contributed by atoms with Crippen LogP contribution in [0.5, 0.6) is 0 Å². The SMILES string of the molecule is CC(CN(C)C)NS(=O)(=O)C1CCNC1. The summed E-state index contributed by atoms with van der Waals surface area (Å²) in [7, 11) is 0.721. The molecular formula is C9H21N3O2S. The minimum absolute atomic E-state index is 0.0365. The number of nitrogens with zero attached hydrogens (tertiary/aromatic N) is 1. The van der Waals surface area contributed by atoms with Crippen LogP contribution in [0, 0.1) is 0 Å². The molecule has 0 aromatic rings. The lowest BCUT2D eigenvalue weighted by Crippen LogP contribution is -2.44. The van der Waals surface area contributed by atoms with Gasteiger partial charge in [0.15, 0.2) is 0 Å². The molecule has 6 heteroatoms. The average Bonchev–Trinajstić information content (AvgIpc) is 2.51. The molecule has 0 aliphatic carbocycles. The van der Waals surface area contributed by atoms with E-state index in [1.54, 1.807) is 0 Å². The van der Waals surface area contributed by atoms with Crippen LogP contribution in [-0.2, 0) is 10.0 Å². The molecule has 1 aliphatic heterocycles. The van der Waals surface area contributed by atoms with Crippen molar-refractivity contribution in [1.29, 1.82) is 0 Å². The summed E-state index contributed by atoms with van der Waals surface area (Å²) in [6.45, 7) is 3.98. The van der Waals surface area contributed by atoms with Crippen LogP contribution in [0.15, 0.2) is 0 Å². The van der Waals surface area contributed by atoms with Crippen molar-refractivity contribution < 1.29 is 8.42 Å². The van der Waals surface area contributed by atoms with E-state index >= 15 is 0 Å². The molecule has 1 aliphatic rings. The first kappa shape index (κ1) is 12.9. The Bertz CT molecular complexity index is 284. The summed E-state index contributed by atoms with van der Waals surface area (Å²) in [5.74, 6) is 0. The number of hydrogen-bond acceptors (Lipinski definition) is 4. The van der Waals surface area contributed by atoms with E-state index in [-0.39, 0.29) is 11.3 Å². The lowest BCUT2D eigenvalue weighted by molar-refractivity contribution is 0.369. The molecule has 1 saturated heterocycles. The molecule has 0 aromatic heterocycles. The third-order valence-corrected chi connectivity index (χ3v) is 4.47. The quantitative estimate of drug-likeness (QED) is 0.656. The lowest BCUT2D eigenvalue weighted by Gasteiger charge is -2.20. The van der Waals surface area contributed by atoms with Crippen LogP contribution in [0.2, 0.25) is 0 Å². The molecule has 0 saturated carbocycles. The van der Waals surface area contributed by atoms with E-state index in [1.165, 1.54) is 0 Å². The lowest BCUT2D eigenvalue weighted by atomic mass is 10.3. The van der Waals surface area contributed by atoms with E-state index in [4.69, 9.17) is 0 Å². The van der Waals surface area contributed by atoms with Crippen molar-refractivity contribution in [3.05, 3.63) is 0 Å². The van der Waals surface area contributed by atoms with Gasteiger partial charge in [0.2, 0.25) is 10.0 Å². The standard InChI is InChI=1S/C9H21N3O2S/c1-8(7-12(2)3)11-15(13,14)9-4-5-10-6-9/h8-11H,4-7H2,1-3H3. The van der Waals surface area contributed by atoms with Crippen LogP contribution < -0.4 is 10.0 Å². The second-order valence-corrected chi connectivity index (χ2v) is 6.43. The molecular weight excluding hydrogens is 214 g/mol. The van der Waals surface area contributed by atoms with Crippen molar-refractivity contribution in [1.82, 2.24) is 14.9 Å². The highest BCUT2D eigenvalue weighted by atomic mass is 32.2. The van der Waals surface area contributed by atoms with Gasteiger partial charge in [-0.2, -0.15) is 0 Å². The maximum atomic E-state index is 11.9. The van der Waals surface area contributed by atoms with E-state index in [9.17, 15) is 8.42 Å². The van der Waals surface area contributed by atoms with Gasteiger partial charge in [-0.3, -0.25) is 0 Å². The van der Waals surface area contributed by atoms with Gasteiger partial charge in [-0.05, 0) is 34.0 Å². The van der Waals surface area contributed by atoms with E-state index in [1.807, 2.05) is 25.9 Å². The molecule has 2 unspecified atom stereocenters. The zero-order valence-electron chi connectivity index (χ0n) is 9.66. The van der Waals surface area contributed by atoms with Gasteiger partial charge in [0.25, 0.3) is 0 Å². The smallest absolute Gasteiger partial charge is 0.216 e. The third kappa shape index (κ3) is 4.06. The highest BCUT2D eigenvalue weighted by Crippen LogP contribution is 2.08. The van der Waals surface area contributed by atoms with Crippen LogP contribution >= 0.6 is 0 Å². The van der Waals surface area contributed by atoms with Crippen molar-refractivity contribution in [2.45, 2.75) is 24.6 Å². The summed E-state index contributed by atoms with van der Waals surface area (Å²) in [6.07, 6.45) is 0.712. The maximum absolute atomic E-state index is 11.9. The Balaban J connectivity index is 2.48. The zero-order chi connectivity index (χ0) is 11.5. The predicted octanol–water partition coefficient (Wildman–Crippen LogP) is -0.782. The minimum Gasteiger partial charge on any atom is -0.315 e. The van der Waals surface area contributed by atoms with E-state index in [2.05, 4.69) is 10.0 Å². The molecule has 0 bridgehead atoms. The Kier molecular flexibility index (Phi) is 4.51. The Labute approximate surface area is 92.3 Å². The molecule has 1 rings (SSSR count). The largest absolute Gasteiger partial charge is 0.315 e. The van der Waals surface area contributed by atoms with Gasteiger partial charge in [-0.15, -0.1) is 0 Å². The maximum Gasteiger partial charge on any atom is 0.216 e. The van der Waals surface area contributed by atoms with E-state index in [0.29, 0.717) is 13.0 Å². The molecule has 2 atom stereocenters. The first-order valence-electron chi connectivity index (χ1n) is 5.28. The normalized spacial score (nSPS) is 24.7. The van der Waals surface area contributed by atoms with Crippen molar-refractivity contribution in [2.24, 2.45) is 0 Å². The summed E-state index contributed by atoms with van der Waals surface area (Å²) >= 11 is 0. The fourth-order valence-corrected chi connectivity index (χ4v) is 3.45. The number of nitrogens with one attached hydrogen (secondary N) is 2. The zero-order valence-corrected chi connectivity index (χ0v) is 10.5. The summed E-state index contributed by atoms with van der Waals surface area (Å²) < 4.78 is 26.4. The number of likely N-dealkylation sites (N-methyl/N-ethyl adjacent to an activating group) is 1. The summed E-state index contributed by atoms with van der Waals surface area (Å²) in [5, 5.41) is 2.80. The summed E-state index contributed by atoms with van der Waals surface area (Å²) in [5.41, 5.74) is 0. The van der Waals surface area contributed by atoms with Crippen LogP contribution in [0.3, 0.4) is 0 Å². The Morgan fingerprint density at radius 2 is 2.20 bits per heavy atom. The summed E-state index contributed by atoms with van der Waals surface area (Å²) in [6, 6.07) is -0.0365. The fourth-order valence-electron chi connectivity index (χ4n) is 1.85. The highest BCUT2D eigenvalue weighted by molar-refractivity contribution is 7.90. The average molecular weight is 235 g/mol. The first-order chi connectivity index (χ1) is 6.92. The topological polar surface area (TPSA) is 61.4 Å². The van der Waals surface area contributed by atoms with Gasteiger partial charge >= 0.3 is 0 Å². The Morgan fingerprint density at radius 3 is 2.67 bits per heavy atom. The number of rotatable bonds is 5. The number of sulfonamides is 1. The first-order valence-corrected chi connectivity index (χ1v) is 6.83. The van der Waals surface area contributed by atoms with Crippen molar-refractivity contribution >= 4 is 10.0 Å². The van der Waals surface area contributed by atoms with E-state index < -0.39 is 10.0 Å². The molecule has 1 heterocycles. The van der Waals surface area contributed by atoms with Crippen LogP contribution in [0.1, 0.15) is 13.3 Å². The summed E-state index contributed by atoms with van der Waals surface area (Å²) in [4.78, 5) is 1.97. The molecule has 15 heavy (non-hydrogen) atoms. The molecule has 5 nitrogen and oxygen atoms in total. The fraction of sp³-hybridized carbons (Fsp3) is 1.00. The molecule has 1 fully saturated rings. The second-order valence-electron chi connectivity index (χ2n) is 4.44. The molecule has 2 N–H and O–H groups in total. The van der Waals surface area contributed by atoms with Gasteiger partial charge in [-0.1, -0.05) is 0 Å². The Morgan fingerprint density at radius 1 is 1.53 bits per heavy atom. The van der Waals surface area contributed by atoms with Crippen molar-refractivity contribution in [3.8, 4) is 0 Å². The van der Waals surface area contributed by atoms with Gasteiger partial charge in [-0.25, -0.2) is 13.1 Å². The minimum atomic E-state index is -3.14. The van der Waals surface area contributed by atoms with Crippen molar-refractivity contribution in [2.75, 3.05) is 33.7 Å². The van der Waals surface area contributed by atoms with Crippen molar-refractivity contribution in [3.63, 3.8) is 0 Å². The van der Waals surface area contributed by atoms with E-state index in [0.717, 1.165) is 13.1 Å². The monoisotopic (exact) mass is 235 g/mol. The van der Waals surface area contributed by atoms with Gasteiger partial charge in [0, 0.05) is 19.1 Å². The molecule has 0 radical (unpaired) electrons. The highest BCUT2D eigenvalue weighted by Gasteiger charge is 2.29. The van der Waals surface area contributed by atoms with Gasteiger partial charge < -0.3 is 10.2 Å². The molecule has 0 aromatic carbocycles. The Hall–Kier alpha value is -0.170. The molecule has 0 spiro atoms. The van der Waals surface area contributed by atoms with Crippen LogP contribution in [0.25, 0.3) is 0 Å². The van der Waals surface area contributed by atoms with Crippen LogP contribution in [-0.4, -0.2) is 58.3 Å². The van der Waals surface area contributed by atoms with Gasteiger partial charge in [0.1, 0.15) is 0 Å². The number of hydrogen-bond donors (Lipinski definition) is 2. The molecule has 0 amide bonds. The third-order valence-electron chi connectivity index (χ3n) is 2.46. The van der Waals surface area contributed by atoms with Crippen LogP contribution in [0.4, 0.5) is 0 Å². The second kappa shape index (κ2) is 5.25.